The van der Waals surface area contributed by atoms with E-state index in [9.17, 15) is 9.18 Å². The van der Waals surface area contributed by atoms with Crippen LogP contribution in [0.15, 0.2) is 18.2 Å². The number of carboxylic acids is 1. The van der Waals surface area contributed by atoms with Gasteiger partial charge in [-0.2, -0.15) is 0 Å². The maximum Gasteiger partial charge on any atom is 0.335 e. The number of aromatic carboxylic acids is 1. The van der Waals surface area contributed by atoms with Crippen molar-refractivity contribution in [2.75, 3.05) is 32.2 Å². The third-order valence-electron chi connectivity index (χ3n) is 3.26. The summed E-state index contributed by atoms with van der Waals surface area (Å²) in [6.45, 7) is 1.53. The second kappa shape index (κ2) is 5.54. The molecule has 0 aliphatic carbocycles. The molecule has 19 heavy (non-hydrogen) atoms. The van der Waals surface area contributed by atoms with Gasteiger partial charge in [-0.15, -0.1) is 0 Å². The molecule has 2 N–H and O–H groups in total. The minimum Gasteiger partial charge on any atom is -0.478 e. The molecule has 1 aliphatic rings. The summed E-state index contributed by atoms with van der Waals surface area (Å²) < 4.78 is 24.0. The quantitative estimate of drug-likeness (QED) is 0.852. The highest BCUT2D eigenvalue weighted by Gasteiger charge is 2.34. The van der Waals surface area contributed by atoms with Crippen molar-refractivity contribution in [3.8, 4) is 0 Å². The second-order valence-corrected chi connectivity index (χ2v) is 4.58. The molecule has 1 saturated heterocycles. The Morgan fingerprint density at radius 3 is 2.95 bits per heavy atom. The fourth-order valence-electron chi connectivity index (χ4n) is 2.04. The Hall–Kier alpha value is -1.66. The first-order chi connectivity index (χ1) is 9.04. The molecular formula is C13H16FNO4. The van der Waals surface area contributed by atoms with Crippen LogP contribution in [0.25, 0.3) is 0 Å². The van der Waals surface area contributed by atoms with E-state index in [2.05, 4.69) is 5.32 Å². The Kier molecular flexibility index (Phi) is 4.01. The molecule has 2 rings (SSSR count). The van der Waals surface area contributed by atoms with E-state index in [1.807, 2.05) is 0 Å². The molecule has 0 bridgehead atoms. The topological polar surface area (TPSA) is 67.8 Å². The molecular weight excluding hydrogens is 253 g/mol. The molecule has 1 heterocycles. The number of hydrogen-bond donors (Lipinski definition) is 2. The summed E-state index contributed by atoms with van der Waals surface area (Å²) in [6, 6.07) is 3.63. The number of anilines is 1. The molecule has 0 spiro atoms. The van der Waals surface area contributed by atoms with Gasteiger partial charge in [-0.3, -0.25) is 0 Å². The first-order valence-corrected chi connectivity index (χ1v) is 5.95. The fourth-order valence-corrected chi connectivity index (χ4v) is 2.04. The summed E-state index contributed by atoms with van der Waals surface area (Å²) >= 11 is 0. The van der Waals surface area contributed by atoms with Gasteiger partial charge in [-0.05, 0) is 18.2 Å². The van der Waals surface area contributed by atoms with Crippen LogP contribution in [-0.2, 0) is 9.47 Å². The number of nitrogens with one attached hydrogen (secondary N) is 1. The van der Waals surface area contributed by atoms with Crippen molar-refractivity contribution >= 4 is 11.7 Å². The maximum absolute atomic E-state index is 13.3. The van der Waals surface area contributed by atoms with Gasteiger partial charge < -0.3 is 19.9 Å². The predicted octanol–water partition coefficient (Wildman–Crippen LogP) is 1.74. The number of rotatable bonds is 5. The second-order valence-electron chi connectivity index (χ2n) is 4.58. The van der Waals surface area contributed by atoms with Gasteiger partial charge in [-0.25, -0.2) is 9.18 Å². The smallest absolute Gasteiger partial charge is 0.335 e. The SMILES string of the molecule is COC1(CNc2cc(F)cc(C(=O)O)c2)CCOC1. The lowest BCUT2D eigenvalue weighted by Gasteiger charge is -2.26. The van der Waals surface area contributed by atoms with Gasteiger partial charge in [0.15, 0.2) is 0 Å². The molecule has 6 heteroatoms. The van der Waals surface area contributed by atoms with Crippen LogP contribution in [0.1, 0.15) is 16.8 Å². The van der Waals surface area contributed by atoms with E-state index in [-0.39, 0.29) is 5.56 Å². The minimum atomic E-state index is -1.16. The normalized spacial score (nSPS) is 22.4. The molecule has 1 aliphatic heterocycles. The van der Waals surface area contributed by atoms with E-state index >= 15 is 0 Å². The van der Waals surface area contributed by atoms with Crippen LogP contribution in [-0.4, -0.2) is 43.5 Å². The summed E-state index contributed by atoms with van der Waals surface area (Å²) in [7, 11) is 1.60. The van der Waals surface area contributed by atoms with Crippen molar-refractivity contribution < 1.29 is 23.8 Å². The molecule has 5 nitrogen and oxygen atoms in total. The van der Waals surface area contributed by atoms with Crippen LogP contribution in [0.4, 0.5) is 10.1 Å². The summed E-state index contributed by atoms with van der Waals surface area (Å²) in [6.07, 6.45) is 0.748. The highest BCUT2D eigenvalue weighted by molar-refractivity contribution is 5.88. The van der Waals surface area contributed by atoms with Crippen LogP contribution in [0, 0.1) is 5.82 Å². The molecule has 0 saturated carbocycles. The van der Waals surface area contributed by atoms with Crippen molar-refractivity contribution in [3.05, 3.63) is 29.6 Å². The lowest BCUT2D eigenvalue weighted by molar-refractivity contribution is -0.00620. The molecule has 0 amide bonds. The van der Waals surface area contributed by atoms with Crippen molar-refractivity contribution in [1.29, 1.82) is 0 Å². The minimum absolute atomic E-state index is 0.0864. The first kappa shape index (κ1) is 13.8. The molecule has 1 fully saturated rings. The monoisotopic (exact) mass is 269 g/mol. The summed E-state index contributed by atoms with van der Waals surface area (Å²) in [5, 5.41) is 11.9. The van der Waals surface area contributed by atoms with E-state index in [0.29, 0.717) is 25.4 Å². The van der Waals surface area contributed by atoms with Gasteiger partial charge in [0.2, 0.25) is 0 Å². The zero-order valence-corrected chi connectivity index (χ0v) is 10.6. The Morgan fingerprint density at radius 2 is 2.37 bits per heavy atom. The summed E-state index contributed by atoms with van der Waals surface area (Å²) in [4.78, 5) is 10.8. The molecule has 1 atom stereocenters. The Labute approximate surface area is 110 Å². The zero-order valence-electron chi connectivity index (χ0n) is 10.6. The van der Waals surface area contributed by atoms with Crippen LogP contribution in [0.2, 0.25) is 0 Å². The zero-order chi connectivity index (χ0) is 13.9. The van der Waals surface area contributed by atoms with Gasteiger partial charge >= 0.3 is 5.97 Å². The Bertz CT molecular complexity index is 472. The van der Waals surface area contributed by atoms with Crippen LogP contribution in [0.3, 0.4) is 0 Å². The number of halogens is 1. The molecule has 0 aromatic heterocycles. The highest BCUT2D eigenvalue weighted by atomic mass is 19.1. The Balaban J connectivity index is 2.08. The molecule has 0 radical (unpaired) electrons. The van der Waals surface area contributed by atoms with Gasteiger partial charge in [0.05, 0.1) is 12.2 Å². The van der Waals surface area contributed by atoms with E-state index in [0.717, 1.165) is 12.5 Å². The molecule has 1 aromatic carbocycles. The number of carboxylic acid groups (broad SMARTS) is 1. The average molecular weight is 269 g/mol. The van der Waals surface area contributed by atoms with Crippen LogP contribution in [0.5, 0.6) is 0 Å². The summed E-state index contributed by atoms with van der Waals surface area (Å²) in [5.41, 5.74) is -0.104. The maximum atomic E-state index is 13.3. The number of hydrogen-bond acceptors (Lipinski definition) is 4. The van der Waals surface area contributed by atoms with Crippen molar-refractivity contribution in [2.24, 2.45) is 0 Å². The lowest BCUT2D eigenvalue weighted by Crippen LogP contribution is -2.39. The number of ether oxygens (including phenoxy) is 2. The van der Waals surface area contributed by atoms with E-state index in [4.69, 9.17) is 14.6 Å². The largest absolute Gasteiger partial charge is 0.478 e. The number of carbonyl (C=O) groups is 1. The predicted molar refractivity (Wildman–Crippen MR) is 67.0 cm³/mol. The van der Waals surface area contributed by atoms with Gasteiger partial charge in [0.1, 0.15) is 11.4 Å². The van der Waals surface area contributed by atoms with Gasteiger partial charge in [-0.1, -0.05) is 0 Å². The highest BCUT2D eigenvalue weighted by Crippen LogP contribution is 2.24. The Morgan fingerprint density at radius 1 is 1.58 bits per heavy atom. The third-order valence-corrected chi connectivity index (χ3v) is 3.26. The van der Waals surface area contributed by atoms with E-state index < -0.39 is 17.4 Å². The molecule has 1 unspecified atom stereocenters. The van der Waals surface area contributed by atoms with E-state index in [1.54, 1.807) is 7.11 Å². The number of methoxy groups -OCH3 is 1. The van der Waals surface area contributed by atoms with Gasteiger partial charge in [0, 0.05) is 32.4 Å². The van der Waals surface area contributed by atoms with Crippen LogP contribution < -0.4 is 5.32 Å². The van der Waals surface area contributed by atoms with Gasteiger partial charge in [0.25, 0.3) is 0 Å². The first-order valence-electron chi connectivity index (χ1n) is 5.95. The summed E-state index contributed by atoms with van der Waals surface area (Å²) in [5.74, 6) is -1.75. The molecule has 1 aromatic rings. The lowest BCUT2D eigenvalue weighted by atomic mass is 10.0. The average Bonchev–Trinajstić information content (AvgIpc) is 2.85. The van der Waals surface area contributed by atoms with Crippen molar-refractivity contribution in [2.45, 2.75) is 12.0 Å². The number of benzene rings is 1. The fraction of sp³-hybridized carbons (Fsp3) is 0.462. The third kappa shape index (κ3) is 3.21. The van der Waals surface area contributed by atoms with Crippen molar-refractivity contribution in [3.63, 3.8) is 0 Å². The van der Waals surface area contributed by atoms with Crippen LogP contribution >= 0.6 is 0 Å². The van der Waals surface area contributed by atoms with Crippen molar-refractivity contribution in [1.82, 2.24) is 0 Å². The molecule has 104 valence electrons. The van der Waals surface area contributed by atoms with E-state index in [1.165, 1.54) is 12.1 Å². The standard InChI is InChI=1S/C13H16FNO4/c1-18-13(2-3-19-8-13)7-15-11-5-9(12(16)17)4-10(14)6-11/h4-6,15H,2-3,7-8H2,1H3,(H,16,17).